The Morgan fingerprint density at radius 2 is 2.00 bits per heavy atom. The van der Waals surface area contributed by atoms with Crippen molar-refractivity contribution in [2.24, 2.45) is 13.0 Å². The minimum absolute atomic E-state index is 0.0144. The van der Waals surface area contributed by atoms with Gasteiger partial charge in [0.15, 0.2) is 11.9 Å². The lowest BCUT2D eigenvalue weighted by atomic mass is 9.98. The second-order valence-corrected chi connectivity index (χ2v) is 7.05. The first kappa shape index (κ1) is 17.2. The molecule has 0 bridgehead atoms. The third-order valence-electron chi connectivity index (χ3n) is 4.85. The first-order chi connectivity index (χ1) is 12.9. The maximum absolute atomic E-state index is 12.4. The lowest BCUT2D eigenvalue weighted by Crippen LogP contribution is -2.40. The van der Waals surface area contributed by atoms with Gasteiger partial charge in [-0.3, -0.25) is 9.59 Å². The van der Waals surface area contributed by atoms with E-state index in [2.05, 4.69) is 10.3 Å². The molecule has 1 aliphatic rings. The molecule has 3 heterocycles. The molecule has 0 saturated heterocycles. The Morgan fingerprint density at radius 1 is 1.22 bits per heavy atom. The second kappa shape index (κ2) is 6.19. The quantitative estimate of drug-likeness (QED) is 0.745. The molecule has 0 fully saturated rings. The van der Waals surface area contributed by atoms with Gasteiger partial charge < -0.3 is 24.3 Å². The highest BCUT2D eigenvalue weighted by Gasteiger charge is 2.33. The molecule has 7 nitrogen and oxygen atoms in total. The van der Waals surface area contributed by atoms with E-state index in [1.165, 1.54) is 4.57 Å². The molecule has 2 aromatic heterocycles. The van der Waals surface area contributed by atoms with E-state index in [9.17, 15) is 9.59 Å². The van der Waals surface area contributed by atoms with Crippen LogP contribution in [0.3, 0.4) is 0 Å². The predicted molar refractivity (Wildman–Crippen MR) is 103 cm³/mol. The van der Waals surface area contributed by atoms with Crippen molar-refractivity contribution in [3.05, 3.63) is 40.9 Å². The summed E-state index contributed by atoms with van der Waals surface area (Å²) in [6, 6.07) is 5.46. The van der Waals surface area contributed by atoms with E-state index >= 15 is 0 Å². The maximum atomic E-state index is 12.4. The van der Waals surface area contributed by atoms with Crippen molar-refractivity contribution in [1.82, 2.24) is 9.55 Å². The highest BCUT2D eigenvalue weighted by molar-refractivity contribution is 6.03. The fraction of sp³-hybridized carbons (Fsp3) is 0.300. The van der Waals surface area contributed by atoms with Gasteiger partial charge in [0.1, 0.15) is 11.3 Å². The van der Waals surface area contributed by atoms with Crippen LogP contribution in [0.2, 0.25) is 0 Å². The minimum atomic E-state index is -0.584. The Hall–Kier alpha value is -3.22. The Labute approximate surface area is 155 Å². The highest BCUT2D eigenvalue weighted by Crippen LogP contribution is 2.44. The molecule has 0 spiro atoms. The number of nitrogens with zero attached hydrogens (tertiary/aromatic N) is 1. The van der Waals surface area contributed by atoms with Crippen molar-refractivity contribution in [3.63, 3.8) is 0 Å². The number of pyridine rings is 1. The number of amides is 1. The van der Waals surface area contributed by atoms with Crippen LogP contribution in [0.4, 0.5) is 5.69 Å². The molecule has 3 aromatic rings. The van der Waals surface area contributed by atoms with Gasteiger partial charge in [-0.2, -0.15) is 0 Å². The summed E-state index contributed by atoms with van der Waals surface area (Å²) < 4.78 is 13.1. The van der Waals surface area contributed by atoms with E-state index in [1.807, 2.05) is 26.0 Å². The molecule has 1 amide bonds. The van der Waals surface area contributed by atoms with Crippen LogP contribution < -0.4 is 20.3 Å². The van der Waals surface area contributed by atoms with Crippen LogP contribution in [-0.4, -0.2) is 28.7 Å². The lowest BCUT2D eigenvalue weighted by molar-refractivity contribution is -0.125. The van der Waals surface area contributed by atoms with Crippen LogP contribution in [0.25, 0.3) is 22.0 Å². The molecule has 4 rings (SSSR count). The molecule has 0 radical (unpaired) electrons. The number of hydrogen-bond donors (Lipinski definition) is 2. The molecule has 1 aliphatic heterocycles. The molecular formula is C20H21N3O4. The Bertz CT molecular complexity index is 1110. The van der Waals surface area contributed by atoms with Gasteiger partial charge >= 0.3 is 0 Å². The van der Waals surface area contributed by atoms with Crippen molar-refractivity contribution in [3.8, 4) is 22.6 Å². The number of carbonyl (C=O) groups excluding carboxylic acids is 1. The molecular weight excluding hydrogens is 346 g/mol. The van der Waals surface area contributed by atoms with Crippen LogP contribution in [0, 0.1) is 5.92 Å². The van der Waals surface area contributed by atoms with Crippen LogP contribution in [-0.2, 0) is 11.8 Å². The molecule has 0 aliphatic carbocycles. The molecule has 0 unspecified atom stereocenters. The molecule has 1 atom stereocenters. The normalized spacial score (nSPS) is 16.2. The van der Waals surface area contributed by atoms with Gasteiger partial charge in [-0.15, -0.1) is 0 Å². The van der Waals surface area contributed by atoms with Crippen LogP contribution in [0.5, 0.6) is 11.5 Å². The third-order valence-corrected chi connectivity index (χ3v) is 4.85. The summed E-state index contributed by atoms with van der Waals surface area (Å²) in [5, 5.41) is 3.71. The number of aromatic amines is 1. The number of rotatable bonds is 3. The number of H-pyrrole nitrogens is 1. The summed E-state index contributed by atoms with van der Waals surface area (Å²) >= 11 is 0. The van der Waals surface area contributed by atoms with E-state index in [1.54, 1.807) is 32.6 Å². The Kier molecular flexibility index (Phi) is 3.95. The second-order valence-electron chi connectivity index (χ2n) is 7.05. The van der Waals surface area contributed by atoms with Crippen molar-refractivity contribution in [2.75, 3.05) is 12.4 Å². The third kappa shape index (κ3) is 2.66. The number of anilines is 1. The van der Waals surface area contributed by atoms with Crippen molar-refractivity contribution in [1.29, 1.82) is 0 Å². The molecule has 0 saturated carbocycles. The zero-order chi connectivity index (χ0) is 19.3. The number of benzene rings is 1. The fourth-order valence-corrected chi connectivity index (χ4v) is 3.45. The Balaban J connectivity index is 2.01. The standard InChI is InChI=1S/C20H21N3O4/c1-10(2)17-19(24)22-15-8-11(26-4)7-13(18(15)27-17)14-9-23(3)20(25)16-12(14)5-6-21-16/h5-10,17,21H,1-4H3,(H,22,24)/t17-/m0/s1. The van der Waals surface area contributed by atoms with Crippen LogP contribution in [0.1, 0.15) is 13.8 Å². The number of aromatic nitrogens is 2. The number of carbonyl (C=O) groups is 1. The van der Waals surface area contributed by atoms with Crippen molar-refractivity contribution < 1.29 is 14.3 Å². The van der Waals surface area contributed by atoms with E-state index in [0.29, 0.717) is 22.7 Å². The van der Waals surface area contributed by atoms with Gasteiger partial charge in [0, 0.05) is 42.0 Å². The van der Waals surface area contributed by atoms with E-state index in [4.69, 9.17) is 9.47 Å². The van der Waals surface area contributed by atoms with Gasteiger partial charge in [0.2, 0.25) is 0 Å². The Morgan fingerprint density at radius 3 is 2.70 bits per heavy atom. The number of ether oxygens (including phenoxy) is 2. The van der Waals surface area contributed by atoms with E-state index < -0.39 is 6.10 Å². The highest BCUT2D eigenvalue weighted by atomic mass is 16.5. The van der Waals surface area contributed by atoms with Gasteiger partial charge in [0.05, 0.1) is 12.8 Å². The largest absolute Gasteiger partial charge is 0.497 e. The van der Waals surface area contributed by atoms with Crippen molar-refractivity contribution >= 4 is 22.5 Å². The lowest BCUT2D eigenvalue weighted by Gasteiger charge is -2.30. The molecule has 27 heavy (non-hydrogen) atoms. The minimum Gasteiger partial charge on any atom is -0.497 e. The summed E-state index contributed by atoms with van der Waals surface area (Å²) in [7, 11) is 3.28. The first-order valence-corrected chi connectivity index (χ1v) is 8.77. The maximum Gasteiger partial charge on any atom is 0.274 e. The molecule has 2 N–H and O–H groups in total. The summed E-state index contributed by atoms with van der Waals surface area (Å²) in [5.41, 5.74) is 2.55. The van der Waals surface area contributed by atoms with Gasteiger partial charge in [-0.1, -0.05) is 13.8 Å². The number of aryl methyl sites for hydroxylation is 1. The molecule has 7 heteroatoms. The summed E-state index contributed by atoms with van der Waals surface area (Å²) in [5.74, 6) is 1.01. The zero-order valence-electron chi connectivity index (χ0n) is 15.6. The number of methoxy groups -OCH3 is 1. The van der Waals surface area contributed by atoms with Gasteiger partial charge in [0.25, 0.3) is 11.5 Å². The monoisotopic (exact) mass is 367 g/mol. The fourth-order valence-electron chi connectivity index (χ4n) is 3.45. The average Bonchev–Trinajstić information content (AvgIpc) is 3.13. The molecule has 140 valence electrons. The van der Waals surface area contributed by atoms with Gasteiger partial charge in [-0.05, 0) is 18.1 Å². The smallest absolute Gasteiger partial charge is 0.274 e. The molecule has 1 aromatic carbocycles. The summed E-state index contributed by atoms with van der Waals surface area (Å²) in [4.78, 5) is 27.8. The van der Waals surface area contributed by atoms with Gasteiger partial charge in [-0.25, -0.2) is 0 Å². The first-order valence-electron chi connectivity index (χ1n) is 8.77. The zero-order valence-corrected chi connectivity index (χ0v) is 15.6. The van der Waals surface area contributed by atoms with E-state index in [0.717, 1.165) is 16.5 Å². The number of fused-ring (bicyclic) bond motifs is 2. The summed E-state index contributed by atoms with van der Waals surface area (Å²) in [6.07, 6.45) is 2.93. The average molecular weight is 367 g/mol. The van der Waals surface area contributed by atoms with Crippen LogP contribution >= 0.6 is 0 Å². The predicted octanol–water partition coefficient (Wildman–Crippen LogP) is 2.90. The van der Waals surface area contributed by atoms with E-state index in [-0.39, 0.29) is 17.4 Å². The number of hydrogen-bond acceptors (Lipinski definition) is 4. The topological polar surface area (TPSA) is 85.3 Å². The summed E-state index contributed by atoms with van der Waals surface area (Å²) in [6.45, 7) is 3.88. The van der Waals surface area contributed by atoms with Crippen LogP contribution in [0.15, 0.2) is 35.4 Å². The van der Waals surface area contributed by atoms with Crippen molar-refractivity contribution in [2.45, 2.75) is 20.0 Å². The number of nitrogens with one attached hydrogen (secondary N) is 2. The SMILES string of the molecule is COc1cc2c(c(-c3cn(C)c(=O)c4[nH]ccc34)c1)O[C@@H](C(C)C)C(=O)N2.